The molecule has 0 amide bonds. The highest BCUT2D eigenvalue weighted by atomic mass is 16.5. The van der Waals surface area contributed by atoms with Crippen LogP contribution in [0.5, 0.6) is 23.0 Å². The fourth-order valence-electron chi connectivity index (χ4n) is 9.00. The predicted octanol–water partition coefficient (Wildman–Crippen LogP) is 15.4. The van der Waals surface area contributed by atoms with Crippen molar-refractivity contribution in [2.24, 2.45) is 0 Å². The van der Waals surface area contributed by atoms with E-state index in [2.05, 4.69) is 29.9 Å². The second kappa shape index (κ2) is 30.3. The molecule has 398 valence electrons. The van der Waals surface area contributed by atoms with Gasteiger partial charge in [0.2, 0.25) is 0 Å². The Morgan fingerprint density at radius 2 is 0.487 bits per heavy atom. The quantitative estimate of drug-likeness (QED) is 0.0368. The van der Waals surface area contributed by atoms with Gasteiger partial charge in [0.25, 0.3) is 0 Å². The van der Waals surface area contributed by atoms with E-state index in [1.165, 1.54) is 51.4 Å². The van der Waals surface area contributed by atoms with Crippen LogP contribution in [0.1, 0.15) is 103 Å². The van der Waals surface area contributed by atoms with Gasteiger partial charge in [0.05, 0.1) is 107 Å². The molecule has 0 N–H and O–H groups in total. The van der Waals surface area contributed by atoms with Crippen LogP contribution in [0, 0.1) is 0 Å². The first-order valence-corrected chi connectivity index (χ1v) is 27.8. The van der Waals surface area contributed by atoms with E-state index in [0.717, 1.165) is 143 Å². The summed E-state index contributed by atoms with van der Waals surface area (Å²) in [5, 5.41) is 0. The summed E-state index contributed by atoms with van der Waals surface area (Å²) >= 11 is 0. The maximum absolute atomic E-state index is 6.21. The second-order valence-electron chi connectivity index (χ2n) is 19.2. The molecule has 0 unspecified atom stereocenters. The van der Waals surface area contributed by atoms with E-state index in [-0.39, 0.29) is 0 Å². The molecule has 0 aliphatic carbocycles. The Morgan fingerprint density at radius 3 is 0.769 bits per heavy atom. The van der Waals surface area contributed by atoms with Crippen molar-refractivity contribution < 1.29 is 18.9 Å². The molecular formula is C65H69N9O4. The van der Waals surface area contributed by atoms with E-state index in [1.54, 1.807) is 37.2 Å². The van der Waals surface area contributed by atoms with Gasteiger partial charge in [-0.15, -0.1) is 0 Å². The fraction of sp³-hybridized carbons (Fsp3) is 0.308. The molecular weight excluding hydrogens is 971 g/mol. The number of pyridine rings is 9. The molecule has 0 spiro atoms. The zero-order valence-electron chi connectivity index (χ0n) is 44.5. The van der Waals surface area contributed by atoms with Crippen LogP contribution in [0.3, 0.4) is 0 Å². The molecule has 0 fully saturated rings. The summed E-state index contributed by atoms with van der Waals surface area (Å²) in [6.07, 6.45) is 29.0. The van der Waals surface area contributed by atoms with Crippen LogP contribution in [-0.2, 0) is 0 Å². The molecule has 0 saturated heterocycles. The van der Waals surface area contributed by atoms with Gasteiger partial charge in [0.1, 0.15) is 23.0 Å². The minimum atomic E-state index is 0.663. The largest absolute Gasteiger partial charge is 0.493 e. The lowest BCUT2D eigenvalue weighted by atomic mass is 10.1. The third kappa shape index (κ3) is 17.3. The third-order valence-corrected chi connectivity index (χ3v) is 13.2. The molecule has 0 bridgehead atoms. The number of ether oxygens (including phenoxy) is 4. The van der Waals surface area contributed by atoms with E-state index < -0.39 is 0 Å². The first-order chi connectivity index (χ1) is 38.7. The van der Waals surface area contributed by atoms with E-state index in [0.29, 0.717) is 26.4 Å². The Labute approximate surface area is 459 Å². The Balaban J connectivity index is 0.589. The zero-order valence-corrected chi connectivity index (χ0v) is 44.5. The molecule has 13 nitrogen and oxygen atoms in total. The Kier molecular flexibility index (Phi) is 21.1. The summed E-state index contributed by atoms with van der Waals surface area (Å²) in [4.78, 5) is 41.8. The summed E-state index contributed by atoms with van der Waals surface area (Å²) in [5.74, 6) is 3.12. The van der Waals surface area contributed by atoms with Crippen LogP contribution in [0.2, 0.25) is 0 Å². The average molecular weight is 1040 g/mol. The molecule has 78 heavy (non-hydrogen) atoms. The molecule has 0 saturated carbocycles. The molecule has 0 atom stereocenters. The Morgan fingerprint density at radius 1 is 0.218 bits per heavy atom. The van der Waals surface area contributed by atoms with Crippen molar-refractivity contribution in [2.75, 3.05) is 26.4 Å². The maximum atomic E-state index is 6.21. The van der Waals surface area contributed by atoms with Crippen LogP contribution in [0.4, 0.5) is 0 Å². The van der Waals surface area contributed by atoms with Gasteiger partial charge in [-0.2, -0.15) is 0 Å². The molecule has 9 aromatic rings. The number of hydrogen-bond donors (Lipinski definition) is 0. The molecule has 0 aliphatic heterocycles. The minimum Gasteiger partial charge on any atom is -0.493 e. The summed E-state index contributed by atoms with van der Waals surface area (Å²) < 4.78 is 24.5. The van der Waals surface area contributed by atoms with Crippen molar-refractivity contribution in [1.29, 1.82) is 0 Å². The third-order valence-electron chi connectivity index (χ3n) is 13.2. The van der Waals surface area contributed by atoms with Crippen LogP contribution in [0.15, 0.2) is 177 Å². The van der Waals surface area contributed by atoms with Crippen molar-refractivity contribution in [2.45, 2.75) is 103 Å². The van der Waals surface area contributed by atoms with Crippen molar-refractivity contribution in [3.8, 4) is 91.3 Å². The maximum Gasteiger partial charge on any atom is 0.137 e. The van der Waals surface area contributed by atoms with Crippen LogP contribution in [-0.4, -0.2) is 71.3 Å². The summed E-state index contributed by atoms with van der Waals surface area (Å²) in [6.45, 7) is 2.68. The van der Waals surface area contributed by atoms with Crippen molar-refractivity contribution >= 4 is 0 Å². The zero-order chi connectivity index (χ0) is 53.1. The summed E-state index contributed by atoms with van der Waals surface area (Å²) in [7, 11) is 0. The second-order valence-corrected chi connectivity index (χ2v) is 19.2. The summed E-state index contributed by atoms with van der Waals surface area (Å²) in [5.41, 5.74) is 9.50. The topological polar surface area (TPSA) is 153 Å². The van der Waals surface area contributed by atoms with Gasteiger partial charge < -0.3 is 18.9 Å². The highest BCUT2D eigenvalue weighted by Crippen LogP contribution is 2.29. The summed E-state index contributed by atoms with van der Waals surface area (Å²) in [6, 6.07) is 45.0. The lowest BCUT2D eigenvalue weighted by molar-refractivity contribution is 0.300. The monoisotopic (exact) mass is 1040 g/mol. The normalized spacial score (nSPS) is 11.1. The molecule has 9 aromatic heterocycles. The van der Waals surface area contributed by atoms with Crippen LogP contribution in [0.25, 0.3) is 68.3 Å². The van der Waals surface area contributed by atoms with Gasteiger partial charge in [-0.25, -0.2) is 15.0 Å². The van der Waals surface area contributed by atoms with Gasteiger partial charge in [-0.3, -0.25) is 29.9 Å². The standard InChI is InChI=1S/C65H69N9O4/c1(3-7-11-23-42-77-52-44-62(54-26-13-17-36-66-54)73-63(45-52)55-27-14-18-37-67-55)5-9-21-40-75-50-32-34-58(70-48-50)60-30-25-31-61(72-60)59-35-33-51(49-71-59)76-41-22-10-6-2-4-8-12-24-43-78-53-46-64(56-28-15-19-38-68-56)74-65(47-53)57-29-16-20-39-69-57/h13-20,25-39,44-49H,1-12,21-24,40-43H2. The number of hydrogen-bond acceptors (Lipinski definition) is 13. The predicted molar refractivity (Wildman–Crippen MR) is 308 cm³/mol. The first kappa shape index (κ1) is 54.3. The smallest absolute Gasteiger partial charge is 0.137 e. The van der Waals surface area contributed by atoms with E-state index in [1.807, 2.05) is 140 Å². The average Bonchev–Trinajstić information content (AvgIpc) is 3.52. The molecule has 0 aliphatic rings. The van der Waals surface area contributed by atoms with Gasteiger partial charge in [-0.05, 0) is 111 Å². The van der Waals surface area contributed by atoms with E-state index in [4.69, 9.17) is 33.9 Å². The van der Waals surface area contributed by atoms with Gasteiger partial charge in [0, 0.05) is 49.1 Å². The van der Waals surface area contributed by atoms with E-state index in [9.17, 15) is 0 Å². The number of aromatic nitrogens is 9. The fourth-order valence-corrected chi connectivity index (χ4v) is 9.00. The number of nitrogens with zero attached hydrogens (tertiary/aromatic N) is 9. The first-order valence-electron chi connectivity index (χ1n) is 27.8. The Hall–Kier alpha value is -8.45. The van der Waals surface area contributed by atoms with Crippen molar-refractivity contribution in [3.05, 3.63) is 177 Å². The van der Waals surface area contributed by atoms with Gasteiger partial charge in [-0.1, -0.05) is 107 Å². The minimum absolute atomic E-state index is 0.663. The van der Waals surface area contributed by atoms with Gasteiger partial charge in [0.15, 0.2) is 0 Å². The highest BCUT2D eigenvalue weighted by Gasteiger charge is 2.13. The van der Waals surface area contributed by atoms with Crippen LogP contribution >= 0.6 is 0 Å². The van der Waals surface area contributed by atoms with Crippen LogP contribution < -0.4 is 18.9 Å². The Bertz CT molecular complexity index is 2810. The van der Waals surface area contributed by atoms with Gasteiger partial charge >= 0.3 is 0 Å². The van der Waals surface area contributed by atoms with E-state index >= 15 is 0 Å². The van der Waals surface area contributed by atoms with Crippen molar-refractivity contribution in [3.63, 3.8) is 0 Å². The van der Waals surface area contributed by atoms with Crippen molar-refractivity contribution in [1.82, 2.24) is 44.9 Å². The molecule has 9 heterocycles. The lowest BCUT2D eigenvalue weighted by Crippen LogP contribution is -2.00. The number of unbranched alkanes of at least 4 members (excludes halogenated alkanes) is 14. The lowest BCUT2D eigenvalue weighted by Gasteiger charge is -2.11. The number of rotatable bonds is 32. The molecule has 0 radical (unpaired) electrons. The molecule has 0 aromatic carbocycles. The molecule has 13 heteroatoms. The molecule has 9 rings (SSSR count). The SMILES string of the molecule is c1ccc(-c2cc(OCCCCCCCCCCOc3ccc(-c4cccc(-c5ccc(OCCCCCCCCCCOc6cc(-c7ccccn7)nc(-c7ccccn7)c6)cn5)n4)nc3)cc(-c3ccccn3)n2)nc1. The highest BCUT2D eigenvalue weighted by molar-refractivity contribution is 5.66.